The van der Waals surface area contributed by atoms with Crippen LogP contribution < -0.4 is 10.1 Å². The highest BCUT2D eigenvalue weighted by Gasteiger charge is 2.38. The van der Waals surface area contributed by atoms with E-state index in [4.69, 9.17) is 16.3 Å². The molecule has 0 radical (unpaired) electrons. The smallest absolute Gasteiger partial charge is 0.252 e. The third kappa shape index (κ3) is 4.83. The highest BCUT2D eigenvalue weighted by atomic mass is 35.5. The average Bonchev–Trinajstić information content (AvgIpc) is 2.54. The first kappa shape index (κ1) is 18.0. The van der Waals surface area contributed by atoms with Gasteiger partial charge in [-0.25, -0.2) is 0 Å². The normalized spacial score (nSPS) is 17.7. The van der Waals surface area contributed by atoms with Gasteiger partial charge in [0, 0.05) is 30.2 Å². The van der Waals surface area contributed by atoms with Crippen LogP contribution in [0.4, 0.5) is 0 Å². The molecular weight excluding hydrogens is 316 g/mol. The van der Waals surface area contributed by atoms with Crippen LogP contribution in [0.1, 0.15) is 31.7 Å². The van der Waals surface area contributed by atoms with Crippen LogP contribution in [0.3, 0.4) is 0 Å². The van der Waals surface area contributed by atoms with E-state index in [1.54, 1.807) is 12.1 Å². The number of ether oxygens (including phenoxy) is 1. The van der Waals surface area contributed by atoms with Crippen molar-refractivity contribution in [3.05, 3.63) is 28.8 Å². The number of nitrogens with zero attached hydrogens (tertiary/aromatic N) is 1. The lowest BCUT2D eigenvalue weighted by molar-refractivity contribution is -0.144. The van der Waals surface area contributed by atoms with Gasteiger partial charge in [0.05, 0.1) is 6.61 Å². The molecule has 1 aliphatic heterocycles. The summed E-state index contributed by atoms with van der Waals surface area (Å²) in [6.07, 6.45) is 1.80. The van der Waals surface area contributed by atoms with E-state index in [0.29, 0.717) is 43.3 Å². The summed E-state index contributed by atoms with van der Waals surface area (Å²) in [5.41, 5.74) is -0.467. The van der Waals surface area contributed by atoms with Gasteiger partial charge in [-0.1, -0.05) is 18.5 Å². The molecule has 0 unspecified atom stereocenters. The second kappa shape index (κ2) is 7.99. The average molecular weight is 341 g/mol. The molecule has 1 amide bonds. The lowest BCUT2D eigenvalue weighted by atomic mass is 9.90. The highest BCUT2D eigenvalue weighted by Crippen LogP contribution is 2.25. The molecule has 2 rings (SSSR count). The summed E-state index contributed by atoms with van der Waals surface area (Å²) in [5.74, 6) is 0.388. The highest BCUT2D eigenvalue weighted by molar-refractivity contribution is 6.30. The minimum atomic E-state index is -1.28. The molecule has 6 heteroatoms. The number of aliphatic hydroxyl groups is 1. The number of amides is 1. The molecule has 128 valence electrons. The van der Waals surface area contributed by atoms with E-state index in [1.807, 2.05) is 20.0 Å². The van der Waals surface area contributed by atoms with Crippen molar-refractivity contribution in [2.45, 2.75) is 38.3 Å². The van der Waals surface area contributed by atoms with Crippen molar-refractivity contribution in [2.75, 3.05) is 26.7 Å². The molecule has 0 saturated carbocycles. The zero-order valence-electron chi connectivity index (χ0n) is 13.8. The van der Waals surface area contributed by atoms with Gasteiger partial charge in [-0.3, -0.25) is 4.79 Å². The molecule has 0 bridgehead atoms. The van der Waals surface area contributed by atoms with Gasteiger partial charge >= 0.3 is 0 Å². The fourth-order valence-corrected chi connectivity index (χ4v) is 2.79. The van der Waals surface area contributed by atoms with Gasteiger partial charge in [-0.15, -0.1) is 0 Å². The predicted octanol–water partition coefficient (Wildman–Crippen LogP) is 2.20. The fraction of sp³-hybridized carbons (Fsp3) is 0.588. The zero-order valence-corrected chi connectivity index (χ0v) is 14.5. The first-order valence-electron chi connectivity index (χ1n) is 8.05. The van der Waals surface area contributed by atoms with Gasteiger partial charge in [0.15, 0.2) is 0 Å². The van der Waals surface area contributed by atoms with E-state index in [0.717, 1.165) is 12.0 Å². The molecule has 5 nitrogen and oxygen atoms in total. The summed E-state index contributed by atoms with van der Waals surface area (Å²) in [6, 6.07) is 5.36. The minimum Gasteiger partial charge on any atom is -0.493 e. The maximum atomic E-state index is 12.4. The van der Waals surface area contributed by atoms with Crippen LogP contribution in [-0.4, -0.2) is 48.3 Å². The SMILES string of the molecule is CCCOc1ccc(Cl)cc1CNC(=O)C1(O)CCN(C)CC1. The third-order valence-corrected chi connectivity index (χ3v) is 4.40. The number of carbonyl (C=O) groups excluding carboxylic acids is 1. The number of nitrogens with one attached hydrogen (secondary N) is 1. The van der Waals surface area contributed by atoms with Crippen LogP contribution >= 0.6 is 11.6 Å². The van der Waals surface area contributed by atoms with Crippen LogP contribution in [0, 0.1) is 0 Å². The first-order chi connectivity index (χ1) is 10.9. The third-order valence-electron chi connectivity index (χ3n) is 4.16. The molecule has 1 saturated heterocycles. The van der Waals surface area contributed by atoms with E-state index in [-0.39, 0.29) is 12.5 Å². The lowest BCUT2D eigenvalue weighted by Crippen LogP contribution is -2.52. The number of likely N-dealkylation sites (tertiary alicyclic amines) is 1. The van der Waals surface area contributed by atoms with Crippen LogP contribution in [0.2, 0.25) is 5.02 Å². The Labute approximate surface area is 142 Å². The summed E-state index contributed by atoms with van der Waals surface area (Å²) < 4.78 is 5.68. The minimum absolute atomic E-state index is 0.288. The molecule has 1 heterocycles. The van der Waals surface area contributed by atoms with Crippen molar-refractivity contribution >= 4 is 17.5 Å². The fourth-order valence-electron chi connectivity index (χ4n) is 2.59. The standard InChI is InChI=1S/C17H25ClN2O3/c1-3-10-23-15-5-4-14(18)11-13(15)12-19-16(21)17(22)6-8-20(2)9-7-17/h4-5,11,22H,3,6-10,12H2,1-2H3,(H,19,21). The summed E-state index contributed by atoms with van der Waals surface area (Å²) in [7, 11) is 1.99. The second-order valence-electron chi connectivity index (χ2n) is 6.12. The van der Waals surface area contributed by atoms with Crippen molar-refractivity contribution in [3.8, 4) is 5.75 Å². The van der Waals surface area contributed by atoms with E-state index in [9.17, 15) is 9.90 Å². The number of benzene rings is 1. The Balaban J connectivity index is 1.99. The number of rotatable bonds is 6. The monoisotopic (exact) mass is 340 g/mol. The number of hydrogen-bond donors (Lipinski definition) is 2. The van der Waals surface area contributed by atoms with E-state index in [1.165, 1.54) is 0 Å². The molecule has 1 fully saturated rings. The molecule has 0 aromatic heterocycles. The second-order valence-corrected chi connectivity index (χ2v) is 6.55. The maximum Gasteiger partial charge on any atom is 0.252 e. The van der Waals surface area contributed by atoms with E-state index in [2.05, 4.69) is 10.2 Å². The molecule has 1 aromatic carbocycles. The molecule has 0 spiro atoms. The summed E-state index contributed by atoms with van der Waals surface area (Å²) in [5, 5.41) is 13.9. The topological polar surface area (TPSA) is 61.8 Å². The van der Waals surface area contributed by atoms with Gasteiger partial charge in [0.2, 0.25) is 0 Å². The van der Waals surface area contributed by atoms with E-state index >= 15 is 0 Å². The molecule has 0 aliphatic carbocycles. The van der Waals surface area contributed by atoms with Crippen LogP contribution in [-0.2, 0) is 11.3 Å². The summed E-state index contributed by atoms with van der Waals surface area (Å²) >= 11 is 6.04. The van der Waals surface area contributed by atoms with Gasteiger partial charge in [0.1, 0.15) is 11.4 Å². The zero-order chi connectivity index (χ0) is 16.9. The largest absolute Gasteiger partial charge is 0.493 e. The lowest BCUT2D eigenvalue weighted by Gasteiger charge is -2.35. The molecule has 1 aromatic rings. The van der Waals surface area contributed by atoms with Gasteiger partial charge in [-0.05, 0) is 44.5 Å². The van der Waals surface area contributed by atoms with Crippen molar-refractivity contribution in [3.63, 3.8) is 0 Å². The van der Waals surface area contributed by atoms with E-state index < -0.39 is 5.60 Å². The number of carbonyl (C=O) groups is 1. The number of piperidine rings is 1. The predicted molar refractivity (Wildman–Crippen MR) is 90.8 cm³/mol. The quantitative estimate of drug-likeness (QED) is 0.833. The van der Waals surface area contributed by atoms with Crippen LogP contribution in [0.25, 0.3) is 0 Å². The van der Waals surface area contributed by atoms with Crippen molar-refractivity contribution < 1.29 is 14.6 Å². The summed E-state index contributed by atoms with van der Waals surface area (Å²) in [4.78, 5) is 14.5. The van der Waals surface area contributed by atoms with Gasteiger partial charge < -0.3 is 20.1 Å². The Morgan fingerprint density at radius 2 is 2.13 bits per heavy atom. The van der Waals surface area contributed by atoms with Gasteiger partial charge in [0.25, 0.3) is 5.91 Å². The molecule has 23 heavy (non-hydrogen) atoms. The Hall–Kier alpha value is -1.30. The van der Waals surface area contributed by atoms with Crippen molar-refractivity contribution in [2.24, 2.45) is 0 Å². The summed E-state index contributed by atoms with van der Waals surface area (Å²) in [6.45, 7) is 4.36. The van der Waals surface area contributed by atoms with Crippen LogP contribution in [0.15, 0.2) is 18.2 Å². The first-order valence-corrected chi connectivity index (χ1v) is 8.43. The maximum absolute atomic E-state index is 12.4. The molecule has 0 atom stereocenters. The Kier molecular flexibility index (Phi) is 6.27. The Morgan fingerprint density at radius 3 is 2.78 bits per heavy atom. The Bertz CT molecular complexity index is 543. The van der Waals surface area contributed by atoms with Crippen LogP contribution in [0.5, 0.6) is 5.75 Å². The molecule has 2 N–H and O–H groups in total. The Morgan fingerprint density at radius 1 is 1.43 bits per heavy atom. The molecule has 1 aliphatic rings. The van der Waals surface area contributed by atoms with Crippen molar-refractivity contribution in [1.82, 2.24) is 10.2 Å². The van der Waals surface area contributed by atoms with Crippen molar-refractivity contribution in [1.29, 1.82) is 0 Å². The number of halogens is 1. The molecular formula is C17H25ClN2O3. The number of hydrogen-bond acceptors (Lipinski definition) is 4. The van der Waals surface area contributed by atoms with Gasteiger partial charge in [-0.2, -0.15) is 0 Å².